The van der Waals surface area contributed by atoms with E-state index in [2.05, 4.69) is 0 Å². The van der Waals surface area contributed by atoms with Crippen molar-refractivity contribution < 1.29 is 18.3 Å². The fourth-order valence-corrected chi connectivity index (χ4v) is 5.02. The molecule has 0 amide bonds. The van der Waals surface area contributed by atoms with Gasteiger partial charge in [-0.2, -0.15) is 0 Å². The van der Waals surface area contributed by atoms with Gasteiger partial charge in [0.25, 0.3) is 0 Å². The van der Waals surface area contributed by atoms with Crippen molar-refractivity contribution in [3.05, 3.63) is 29.8 Å². The van der Waals surface area contributed by atoms with Crippen LogP contribution in [0.25, 0.3) is 0 Å². The standard InChI is InChI=1S/C15H20O4S/c16-15(11-12-5-8-19-9-6-12)7-10-20(17,18)14-4-2-1-3-13(14)15/h1-4,12,16H,5-11H2. The Kier molecular flexibility index (Phi) is 3.60. The number of benzene rings is 1. The number of ether oxygens (including phenoxy) is 1. The topological polar surface area (TPSA) is 63.6 Å². The van der Waals surface area contributed by atoms with Crippen molar-refractivity contribution >= 4 is 9.84 Å². The molecule has 1 aromatic rings. The van der Waals surface area contributed by atoms with Gasteiger partial charge in [0, 0.05) is 18.8 Å². The van der Waals surface area contributed by atoms with E-state index in [1.165, 1.54) is 0 Å². The Morgan fingerprint density at radius 3 is 2.70 bits per heavy atom. The van der Waals surface area contributed by atoms with Crippen LogP contribution in [0, 0.1) is 5.92 Å². The molecular formula is C15H20O4S. The summed E-state index contributed by atoms with van der Waals surface area (Å²) in [5.41, 5.74) is -0.429. The molecule has 0 aromatic heterocycles. The van der Waals surface area contributed by atoms with Crippen LogP contribution in [0.5, 0.6) is 0 Å². The summed E-state index contributed by atoms with van der Waals surface area (Å²) in [5, 5.41) is 11.0. The van der Waals surface area contributed by atoms with Crippen molar-refractivity contribution in [3.8, 4) is 0 Å². The number of hydrogen-bond donors (Lipinski definition) is 1. The van der Waals surface area contributed by atoms with Gasteiger partial charge < -0.3 is 9.84 Å². The minimum absolute atomic E-state index is 0.0315. The van der Waals surface area contributed by atoms with E-state index in [9.17, 15) is 13.5 Å². The highest BCUT2D eigenvalue weighted by atomic mass is 32.2. The monoisotopic (exact) mass is 296 g/mol. The van der Waals surface area contributed by atoms with Crippen LogP contribution in [0.3, 0.4) is 0 Å². The third kappa shape index (κ3) is 2.50. The van der Waals surface area contributed by atoms with E-state index in [4.69, 9.17) is 4.74 Å². The fourth-order valence-electron chi connectivity index (χ4n) is 3.31. The van der Waals surface area contributed by atoms with Crippen molar-refractivity contribution in [3.63, 3.8) is 0 Å². The highest BCUT2D eigenvalue weighted by molar-refractivity contribution is 7.91. The highest BCUT2D eigenvalue weighted by Gasteiger charge is 2.41. The lowest BCUT2D eigenvalue weighted by Crippen LogP contribution is -2.38. The zero-order valence-electron chi connectivity index (χ0n) is 11.4. The lowest BCUT2D eigenvalue weighted by Gasteiger charge is -2.37. The van der Waals surface area contributed by atoms with E-state index in [1.54, 1.807) is 24.3 Å². The molecular weight excluding hydrogens is 276 g/mol. The first-order chi connectivity index (χ1) is 9.51. The van der Waals surface area contributed by atoms with E-state index in [-0.39, 0.29) is 5.75 Å². The minimum atomic E-state index is -3.24. The fraction of sp³-hybridized carbons (Fsp3) is 0.600. The molecule has 0 aliphatic carbocycles. The number of rotatable bonds is 2. The molecule has 2 aliphatic heterocycles. The highest BCUT2D eigenvalue weighted by Crippen LogP contribution is 2.42. The van der Waals surface area contributed by atoms with Gasteiger partial charge in [-0.1, -0.05) is 18.2 Å². The van der Waals surface area contributed by atoms with Crippen LogP contribution in [0.1, 0.15) is 31.2 Å². The molecule has 2 aliphatic rings. The minimum Gasteiger partial charge on any atom is -0.385 e. The maximum Gasteiger partial charge on any atom is 0.178 e. The van der Waals surface area contributed by atoms with Gasteiger partial charge in [-0.05, 0) is 37.7 Å². The molecule has 1 aromatic carbocycles. The van der Waals surface area contributed by atoms with Crippen molar-refractivity contribution in [2.75, 3.05) is 19.0 Å². The van der Waals surface area contributed by atoms with E-state index < -0.39 is 15.4 Å². The van der Waals surface area contributed by atoms with Crippen molar-refractivity contribution in [1.29, 1.82) is 0 Å². The number of hydrogen-bond acceptors (Lipinski definition) is 4. The Bertz CT molecular complexity index is 590. The molecule has 20 heavy (non-hydrogen) atoms. The second-order valence-corrected chi connectivity index (χ2v) is 7.93. The molecule has 0 spiro atoms. The predicted molar refractivity (Wildman–Crippen MR) is 75.2 cm³/mol. The summed E-state index contributed by atoms with van der Waals surface area (Å²) in [6.45, 7) is 1.47. The van der Waals surface area contributed by atoms with Crippen LogP contribution in [0.4, 0.5) is 0 Å². The van der Waals surface area contributed by atoms with Crippen molar-refractivity contribution in [2.24, 2.45) is 5.92 Å². The molecule has 1 saturated heterocycles. The first-order valence-electron chi connectivity index (χ1n) is 7.14. The smallest absolute Gasteiger partial charge is 0.178 e. The Hall–Kier alpha value is -0.910. The summed E-state index contributed by atoms with van der Waals surface area (Å²) in [6, 6.07) is 6.88. The number of fused-ring (bicyclic) bond motifs is 1. The molecule has 5 heteroatoms. The molecule has 0 bridgehead atoms. The van der Waals surface area contributed by atoms with Crippen LogP contribution < -0.4 is 0 Å². The van der Waals surface area contributed by atoms with E-state index in [0.717, 1.165) is 26.1 Å². The van der Waals surface area contributed by atoms with Gasteiger partial charge >= 0.3 is 0 Å². The normalized spacial score (nSPS) is 29.9. The molecule has 1 atom stereocenters. The molecule has 2 heterocycles. The number of aliphatic hydroxyl groups is 1. The third-order valence-electron chi connectivity index (χ3n) is 4.48. The van der Waals surface area contributed by atoms with Crippen LogP contribution in [-0.4, -0.2) is 32.5 Å². The van der Waals surface area contributed by atoms with Crippen LogP contribution in [0.15, 0.2) is 29.2 Å². The SMILES string of the molecule is O=S1(=O)CCC(O)(CC2CCOCC2)c2ccccc21. The maximum absolute atomic E-state index is 12.1. The first-order valence-corrected chi connectivity index (χ1v) is 8.79. The third-order valence-corrected chi connectivity index (χ3v) is 6.24. The van der Waals surface area contributed by atoms with Crippen LogP contribution >= 0.6 is 0 Å². The lowest BCUT2D eigenvalue weighted by atomic mass is 9.79. The Morgan fingerprint density at radius 2 is 1.95 bits per heavy atom. The Labute approximate surface area is 119 Å². The van der Waals surface area contributed by atoms with Gasteiger partial charge in [0.1, 0.15) is 0 Å². The van der Waals surface area contributed by atoms with Crippen LogP contribution in [-0.2, 0) is 20.2 Å². The van der Waals surface area contributed by atoms with E-state index in [1.807, 2.05) is 0 Å². The zero-order valence-corrected chi connectivity index (χ0v) is 12.2. The number of sulfone groups is 1. The van der Waals surface area contributed by atoms with E-state index >= 15 is 0 Å². The van der Waals surface area contributed by atoms with Gasteiger partial charge in [0.2, 0.25) is 0 Å². The Morgan fingerprint density at radius 1 is 1.25 bits per heavy atom. The summed E-state index contributed by atoms with van der Waals surface area (Å²) >= 11 is 0. The quantitative estimate of drug-likeness (QED) is 0.905. The van der Waals surface area contributed by atoms with Crippen molar-refractivity contribution in [1.82, 2.24) is 0 Å². The largest absolute Gasteiger partial charge is 0.385 e. The summed E-state index contributed by atoms with van der Waals surface area (Å²) in [5.74, 6) is 0.437. The van der Waals surface area contributed by atoms with Gasteiger partial charge in [-0.25, -0.2) is 8.42 Å². The maximum atomic E-state index is 12.1. The molecule has 1 fully saturated rings. The molecule has 0 saturated carbocycles. The summed E-state index contributed by atoms with van der Waals surface area (Å²) in [6.07, 6.45) is 2.81. The van der Waals surface area contributed by atoms with E-state index in [0.29, 0.717) is 29.2 Å². The van der Waals surface area contributed by atoms with Gasteiger partial charge in [0.05, 0.1) is 16.2 Å². The van der Waals surface area contributed by atoms with Gasteiger partial charge in [-0.3, -0.25) is 0 Å². The zero-order chi connectivity index (χ0) is 14.2. The summed E-state index contributed by atoms with van der Waals surface area (Å²) in [7, 11) is -3.24. The van der Waals surface area contributed by atoms with Crippen molar-refractivity contribution in [2.45, 2.75) is 36.2 Å². The second kappa shape index (κ2) is 5.13. The van der Waals surface area contributed by atoms with Gasteiger partial charge in [0.15, 0.2) is 9.84 Å². The van der Waals surface area contributed by atoms with Gasteiger partial charge in [-0.15, -0.1) is 0 Å². The molecule has 1 unspecified atom stereocenters. The lowest BCUT2D eigenvalue weighted by molar-refractivity contribution is -0.0213. The molecule has 3 rings (SSSR count). The average molecular weight is 296 g/mol. The average Bonchev–Trinajstić information content (AvgIpc) is 2.45. The van der Waals surface area contributed by atoms with Crippen LogP contribution in [0.2, 0.25) is 0 Å². The molecule has 110 valence electrons. The molecule has 4 nitrogen and oxygen atoms in total. The second-order valence-electron chi connectivity index (χ2n) is 5.86. The predicted octanol–water partition coefficient (Wildman–Crippen LogP) is 1.87. The summed E-state index contributed by atoms with van der Waals surface area (Å²) in [4.78, 5) is 0.306. The molecule has 0 radical (unpaired) electrons. The summed E-state index contributed by atoms with van der Waals surface area (Å²) < 4.78 is 29.6. The first kappa shape index (κ1) is 14.0. The Balaban J connectivity index is 1.93. The molecule has 1 N–H and O–H groups in total.